The number of carboxylic acid groups (broad SMARTS) is 1. The second kappa shape index (κ2) is 4.60. The average molecular weight is 230 g/mol. The zero-order valence-corrected chi connectivity index (χ0v) is 8.43. The molecule has 0 aromatic heterocycles. The van der Waals surface area contributed by atoms with E-state index in [2.05, 4.69) is 10.1 Å². The van der Waals surface area contributed by atoms with Gasteiger partial charge in [-0.25, -0.2) is 9.59 Å². The van der Waals surface area contributed by atoms with Crippen LogP contribution in [0.1, 0.15) is 12.8 Å². The first kappa shape index (κ1) is 12.0. The van der Waals surface area contributed by atoms with Crippen LogP contribution in [0.25, 0.3) is 0 Å². The van der Waals surface area contributed by atoms with E-state index in [0.717, 1.165) is 7.11 Å². The Balaban J connectivity index is 2.98. The largest absolute Gasteiger partial charge is 0.480 e. The number of methoxy groups -OCH3 is 1. The molecule has 88 valence electrons. The molecule has 0 aromatic carbocycles. The molecule has 8 nitrogen and oxygen atoms in total. The van der Waals surface area contributed by atoms with Crippen LogP contribution in [0, 0.1) is 10.1 Å². The third kappa shape index (κ3) is 2.27. The fourth-order valence-corrected chi connectivity index (χ4v) is 1.42. The van der Waals surface area contributed by atoms with Crippen LogP contribution in [0.2, 0.25) is 0 Å². The molecule has 0 amide bonds. The molecular formula is C8H10N2O6. The monoisotopic (exact) mass is 230 g/mol. The van der Waals surface area contributed by atoms with Crippen LogP contribution in [0.5, 0.6) is 0 Å². The maximum Gasteiger partial charge on any atom is 0.411 e. The van der Waals surface area contributed by atoms with Crippen molar-refractivity contribution in [3.05, 3.63) is 21.5 Å². The summed E-state index contributed by atoms with van der Waals surface area (Å²) in [6.07, 6.45) is 0.349. The van der Waals surface area contributed by atoms with Crippen LogP contribution in [0.4, 0.5) is 0 Å². The molecule has 0 aliphatic carbocycles. The van der Waals surface area contributed by atoms with Crippen molar-refractivity contribution in [2.45, 2.75) is 18.9 Å². The number of nitro groups is 1. The van der Waals surface area contributed by atoms with Gasteiger partial charge in [0.15, 0.2) is 0 Å². The molecule has 1 aliphatic rings. The molecule has 0 unspecified atom stereocenters. The highest BCUT2D eigenvalue weighted by atomic mass is 16.6. The molecule has 1 saturated heterocycles. The second-order valence-corrected chi connectivity index (χ2v) is 3.15. The Morgan fingerprint density at radius 3 is 2.62 bits per heavy atom. The molecule has 16 heavy (non-hydrogen) atoms. The van der Waals surface area contributed by atoms with Crippen molar-refractivity contribution in [3.8, 4) is 0 Å². The average Bonchev–Trinajstić information content (AvgIpc) is 2.66. The van der Waals surface area contributed by atoms with Gasteiger partial charge in [-0.15, -0.1) is 0 Å². The van der Waals surface area contributed by atoms with Gasteiger partial charge in [0.05, 0.1) is 17.7 Å². The summed E-state index contributed by atoms with van der Waals surface area (Å²) in [7, 11) is 1.02. The fourth-order valence-electron chi connectivity index (χ4n) is 1.42. The van der Waals surface area contributed by atoms with E-state index in [1.165, 1.54) is 0 Å². The van der Waals surface area contributed by atoms with E-state index in [0.29, 0.717) is 0 Å². The smallest absolute Gasteiger partial charge is 0.411 e. The van der Waals surface area contributed by atoms with Crippen LogP contribution < -0.4 is 5.32 Å². The predicted molar refractivity (Wildman–Crippen MR) is 49.8 cm³/mol. The van der Waals surface area contributed by atoms with Crippen LogP contribution in [-0.4, -0.2) is 35.1 Å². The highest BCUT2D eigenvalue weighted by molar-refractivity contribution is 5.87. The van der Waals surface area contributed by atoms with Crippen LogP contribution in [0.15, 0.2) is 11.4 Å². The molecule has 0 radical (unpaired) electrons. The van der Waals surface area contributed by atoms with Gasteiger partial charge in [0.25, 0.3) is 0 Å². The van der Waals surface area contributed by atoms with Crippen LogP contribution in [-0.2, 0) is 14.3 Å². The molecule has 2 N–H and O–H groups in total. The topological polar surface area (TPSA) is 119 Å². The maximum absolute atomic E-state index is 11.1. The van der Waals surface area contributed by atoms with Gasteiger partial charge in [-0.3, -0.25) is 10.1 Å². The number of esters is 1. The quantitative estimate of drug-likeness (QED) is 0.290. The summed E-state index contributed by atoms with van der Waals surface area (Å²) < 4.78 is 4.26. The lowest BCUT2D eigenvalue weighted by Crippen LogP contribution is -2.31. The third-order valence-electron chi connectivity index (χ3n) is 2.18. The number of allylic oxidation sites excluding steroid dienone is 1. The number of carbonyl (C=O) groups excluding carboxylic acids is 1. The summed E-state index contributed by atoms with van der Waals surface area (Å²) in [6.45, 7) is 0. The van der Waals surface area contributed by atoms with E-state index in [-0.39, 0.29) is 18.5 Å². The number of nitrogens with one attached hydrogen (secondary N) is 1. The van der Waals surface area contributed by atoms with E-state index in [4.69, 9.17) is 5.11 Å². The van der Waals surface area contributed by atoms with Crippen molar-refractivity contribution in [2.24, 2.45) is 0 Å². The number of hydrogen-bond acceptors (Lipinski definition) is 6. The Morgan fingerprint density at radius 1 is 1.62 bits per heavy atom. The normalized spacial score (nSPS) is 22.2. The van der Waals surface area contributed by atoms with Gasteiger partial charge >= 0.3 is 17.6 Å². The highest BCUT2D eigenvalue weighted by Gasteiger charge is 2.35. The lowest BCUT2D eigenvalue weighted by atomic mass is 10.2. The van der Waals surface area contributed by atoms with Crippen molar-refractivity contribution in [2.75, 3.05) is 7.11 Å². The lowest BCUT2D eigenvalue weighted by molar-refractivity contribution is -0.422. The molecule has 0 saturated carbocycles. The first-order valence-electron chi connectivity index (χ1n) is 4.42. The molecule has 8 heteroatoms. The van der Waals surface area contributed by atoms with Gasteiger partial charge in [0, 0.05) is 0 Å². The predicted octanol–water partition coefficient (Wildman–Crippen LogP) is -0.516. The van der Waals surface area contributed by atoms with E-state index in [1.54, 1.807) is 0 Å². The van der Waals surface area contributed by atoms with Gasteiger partial charge in [0.2, 0.25) is 0 Å². The number of ether oxygens (including phenoxy) is 1. The summed E-state index contributed by atoms with van der Waals surface area (Å²) in [5.41, 5.74) is -0.726. The Labute approximate surface area is 90.0 Å². The lowest BCUT2D eigenvalue weighted by Gasteiger charge is -2.05. The minimum atomic E-state index is -1.11. The Bertz CT molecular complexity index is 375. The van der Waals surface area contributed by atoms with Gasteiger partial charge in [0.1, 0.15) is 6.04 Å². The van der Waals surface area contributed by atoms with Crippen molar-refractivity contribution >= 4 is 11.9 Å². The Kier molecular flexibility index (Phi) is 3.44. The number of carbonyl (C=O) groups is 2. The summed E-state index contributed by atoms with van der Waals surface area (Å²) in [6, 6.07) is -0.894. The van der Waals surface area contributed by atoms with Crippen LogP contribution in [0.3, 0.4) is 0 Å². The van der Waals surface area contributed by atoms with E-state index in [1.807, 2.05) is 0 Å². The molecule has 0 bridgehead atoms. The van der Waals surface area contributed by atoms with Gasteiger partial charge < -0.3 is 15.2 Å². The highest BCUT2D eigenvalue weighted by Crippen LogP contribution is 2.20. The van der Waals surface area contributed by atoms with Gasteiger partial charge in [-0.2, -0.15) is 0 Å². The molecular weight excluding hydrogens is 220 g/mol. The first-order chi connectivity index (χ1) is 7.47. The summed E-state index contributed by atoms with van der Waals surface area (Å²) >= 11 is 0. The van der Waals surface area contributed by atoms with Crippen molar-refractivity contribution < 1.29 is 24.4 Å². The fraction of sp³-hybridized carbons (Fsp3) is 0.500. The zero-order valence-electron chi connectivity index (χ0n) is 8.43. The van der Waals surface area contributed by atoms with Gasteiger partial charge in [-0.05, 0) is 12.8 Å². The van der Waals surface area contributed by atoms with Crippen LogP contribution >= 0.6 is 0 Å². The molecule has 0 spiro atoms. The number of carboxylic acids is 1. The maximum atomic E-state index is 11.1. The summed E-state index contributed by atoms with van der Waals surface area (Å²) in [5.74, 6) is -2.19. The number of hydrogen-bond donors (Lipinski definition) is 2. The first-order valence-corrected chi connectivity index (χ1v) is 4.42. The summed E-state index contributed by atoms with van der Waals surface area (Å²) in [4.78, 5) is 31.5. The molecule has 0 aromatic rings. The molecule has 1 aliphatic heterocycles. The number of aliphatic carboxylic acids is 1. The standard InChI is InChI=1S/C8H10N2O6/c1-16-8(13)6(10(14)15)4-2-3-5(9-4)7(11)12/h5,9H,2-3H2,1H3,(H,11,12)/b6-4-/t5-/m0/s1. The molecule has 1 rings (SSSR count). The molecule has 1 atom stereocenters. The number of nitrogens with zero attached hydrogens (tertiary/aromatic N) is 1. The van der Waals surface area contributed by atoms with Crippen molar-refractivity contribution in [1.82, 2.24) is 5.32 Å². The summed E-state index contributed by atoms with van der Waals surface area (Å²) in [5, 5.41) is 21.7. The van der Waals surface area contributed by atoms with Crippen molar-refractivity contribution in [3.63, 3.8) is 0 Å². The van der Waals surface area contributed by atoms with Crippen molar-refractivity contribution in [1.29, 1.82) is 0 Å². The van der Waals surface area contributed by atoms with Gasteiger partial charge in [-0.1, -0.05) is 0 Å². The molecule has 1 heterocycles. The minimum Gasteiger partial charge on any atom is -0.480 e. The Morgan fingerprint density at radius 2 is 2.25 bits per heavy atom. The molecule has 1 fully saturated rings. The van der Waals surface area contributed by atoms with E-state index >= 15 is 0 Å². The van der Waals surface area contributed by atoms with E-state index in [9.17, 15) is 19.7 Å². The SMILES string of the molecule is COC(=O)/C(=C1\CC[C@@H](C(=O)O)N1)[N+](=O)[O-]. The zero-order chi connectivity index (χ0) is 12.3. The number of rotatable bonds is 3. The second-order valence-electron chi connectivity index (χ2n) is 3.15. The minimum absolute atomic E-state index is 0.00394. The Hall–Kier alpha value is -2.12. The van der Waals surface area contributed by atoms with E-state index < -0.39 is 28.6 Å². The third-order valence-corrected chi connectivity index (χ3v) is 2.18.